The maximum atomic E-state index is 5.93. The highest BCUT2D eigenvalue weighted by molar-refractivity contribution is 7.14. The molecule has 6 heteroatoms. The summed E-state index contributed by atoms with van der Waals surface area (Å²) in [5.74, 6) is 1.34. The van der Waals surface area contributed by atoms with Crippen molar-refractivity contribution in [3.05, 3.63) is 77.9 Å². The molecule has 0 amide bonds. The molecule has 0 saturated carbocycles. The van der Waals surface area contributed by atoms with Crippen LogP contribution < -0.4 is 15.2 Å². The minimum absolute atomic E-state index is 0.478. The van der Waals surface area contributed by atoms with Gasteiger partial charge in [-0.3, -0.25) is 4.98 Å². The lowest BCUT2D eigenvalue weighted by molar-refractivity contribution is 0.284. The normalized spacial score (nSPS) is 10.6. The Morgan fingerprint density at radius 1 is 0.964 bits per heavy atom. The standard InChI is InChI=1S/C22H19N3O2S/c1-26-21-9-16(7-8-20(21)27-13-15-5-3-2-4-6-15)18-11-24-12-19(25-18)22-10-17(23)14-28-22/h2-12,14H,13,23H2,1H3. The summed E-state index contributed by atoms with van der Waals surface area (Å²) in [7, 11) is 1.63. The molecule has 0 aliphatic heterocycles. The first-order valence-corrected chi connectivity index (χ1v) is 9.62. The van der Waals surface area contributed by atoms with Crippen LogP contribution in [0.1, 0.15) is 5.56 Å². The van der Waals surface area contributed by atoms with Crippen molar-refractivity contribution in [3.8, 4) is 33.3 Å². The minimum Gasteiger partial charge on any atom is -0.493 e. The van der Waals surface area contributed by atoms with Gasteiger partial charge in [0.25, 0.3) is 0 Å². The average Bonchev–Trinajstić information content (AvgIpc) is 3.19. The molecular weight excluding hydrogens is 370 g/mol. The lowest BCUT2D eigenvalue weighted by Gasteiger charge is -2.12. The molecule has 0 radical (unpaired) electrons. The predicted molar refractivity (Wildman–Crippen MR) is 113 cm³/mol. The first kappa shape index (κ1) is 18.0. The second kappa shape index (κ2) is 8.10. The van der Waals surface area contributed by atoms with Gasteiger partial charge in [-0.05, 0) is 29.8 Å². The van der Waals surface area contributed by atoms with Crippen LogP contribution in [0.15, 0.2) is 72.4 Å². The number of anilines is 1. The number of rotatable bonds is 6. The predicted octanol–water partition coefficient (Wildman–Crippen LogP) is 5.04. The number of nitrogens with two attached hydrogens (primary N) is 1. The van der Waals surface area contributed by atoms with E-state index in [0.717, 1.165) is 33.1 Å². The van der Waals surface area contributed by atoms with Gasteiger partial charge in [0.05, 0.1) is 35.8 Å². The molecule has 0 bridgehead atoms. The van der Waals surface area contributed by atoms with E-state index in [0.29, 0.717) is 18.1 Å². The molecule has 0 aliphatic rings. The SMILES string of the molecule is COc1cc(-c2cncc(-c3cc(N)cs3)n2)ccc1OCc1ccccc1. The molecule has 0 unspecified atom stereocenters. The molecule has 4 rings (SSSR count). The first-order chi connectivity index (χ1) is 13.7. The minimum atomic E-state index is 0.478. The Hall–Kier alpha value is -3.38. The number of methoxy groups -OCH3 is 1. The molecule has 28 heavy (non-hydrogen) atoms. The topological polar surface area (TPSA) is 70.3 Å². The molecule has 0 aliphatic carbocycles. The Balaban J connectivity index is 1.59. The highest BCUT2D eigenvalue weighted by atomic mass is 32.1. The van der Waals surface area contributed by atoms with Gasteiger partial charge in [0, 0.05) is 16.6 Å². The van der Waals surface area contributed by atoms with Crippen molar-refractivity contribution in [2.45, 2.75) is 6.61 Å². The molecule has 2 aromatic heterocycles. The highest BCUT2D eigenvalue weighted by Crippen LogP contribution is 2.33. The number of hydrogen-bond acceptors (Lipinski definition) is 6. The molecule has 0 spiro atoms. The van der Waals surface area contributed by atoms with Gasteiger partial charge < -0.3 is 15.2 Å². The fraction of sp³-hybridized carbons (Fsp3) is 0.0909. The van der Waals surface area contributed by atoms with Crippen LogP contribution in [-0.2, 0) is 6.61 Å². The van der Waals surface area contributed by atoms with E-state index < -0.39 is 0 Å². The van der Waals surface area contributed by atoms with Crippen LogP contribution in [0, 0.1) is 0 Å². The largest absolute Gasteiger partial charge is 0.493 e. The van der Waals surface area contributed by atoms with Gasteiger partial charge in [0.2, 0.25) is 0 Å². The monoisotopic (exact) mass is 389 g/mol. The van der Waals surface area contributed by atoms with Crippen molar-refractivity contribution < 1.29 is 9.47 Å². The van der Waals surface area contributed by atoms with E-state index in [4.69, 9.17) is 20.2 Å². The molecular formula is C22H19N3O2S. The number of hydrogen-bond donors (Lipinski definition) is 1. The van der Waals surface area contributed by atoms with E-state index in [1.807, 2.05) is 60.0 Å². The van der Waals surface area contributed by atoms with Crippen molar-refractivity contribution in [1.82, 2.24) is 9.97 Å². The number of nitrogen functional groups attached to an aromatic ring is 1. The fourth-order valence-corrected chi connectivity index (χ4v) is 3.54. The Morgan fingerprint density at radius 3 is 2.54 bits per heavy atom. The fourth-order valence-electron chi connectivity index (χ4n) is 2.79. The molecule has 5 nitrogen and oxygen atoms in total. The highest BCUT2D eigenvalue weighted by Gasteiger charge is 2.11. The van der Waals surface area contributed by atoms with Gasteiger partial charge in [-0.25, -0.2) is 4.98 Å². The smallest absolute Gasteiger partial charge is 0.161 e. The molecule has 140 valence electrons. The summed E-state index contributed by atoms with van der Waals surface area (Å²) in [5, 5.41) is 1.89. The summed E-state index contributed by atoms with van der Waals surface area (Å²) in [5.41, 5.74) is 10.1. The Bertz CT molecular complexity index is 1080. The van der Waals surface area contributed by atoms with Crippen LogP contribution in [0.4, 0.5) is 5.69 Å². The van der Waals surface area contributed by atoms with Crippen LogP contribution >= 0.6 is 11.3 Å². The van der Waals surface area contributed by atoms with Gasteiger partial charge >= 0.3 is 0 Å². The van der Waals surface area contributed by atoms with E-state index >= 15 is 0 Å². The number of aromatic nitrogens is 2. The molecule has 2 heterocycles. The van der Waals surface area contributed by atoms with E-state index in [1.165, 1.54) is 0 Å². The van der Waals surface area contributed by atoms with Crippen LogP contribution in [-0.4, -0.2) is 17.1 Å². The van der Waals surface area contributed by atoms with Crippen molar-refractivity contribution in [3.63, 3.8) is 0 Å². The van der Waals surface area contributed by atoms with Gasteiger partial charge in [-0.15, -0.1) is 11.3 Å². The number of thiophene rings is 1. The third-order valence-corrected chi connectivity index (χ3v) is 5.17. The number of nitrogens with zero attached hydrogens (tertiary/aromatic N) is 2. The average molecular weight is 389 g/mol. The summed E-state index contributed by atoms with van der Waals surface area (Å²) in [6.07, 6.45) is 3.48. The summed E-state index contributed by atoms with van der Waals surface area (Å²) < 4.78 is 11.5. The molecule has 2 N–H and O–H groups in total. The lowest BCUT2D eigenvalue weighted by atomic mass is 10.1. The zero-order chi connectivity index (χ0) is 19.3. The second-order valence-electron chi connectivity index (χ2n) is 6.17. The zero-order valence-electron chi connectivity index (χ0n) is 15.3. The molecule has 0 fully saturated rings. The first-order valence-electron chi connectivity index (χ1n) is 8.74. The molecule has 2 aromatic carbocycles. The van der Waals surface area contributed by atoms with Gasteiger partial charge in [-0.2, -0.15) is 0 Å². The third kappa shape index (κ3) is 3.97. The van der Waals surface area contributed by atoms with E-state index in [1.54, 1.807) is 30.8 Å². The second-order valence-corrected chi connectivity index (χ2v) is 7.08. The summed E-state index contributed by atoms with van der Waals surface area (Å²) in [4.78, 5) is 10.0. The zero-order valence-corrected chi connectivity index (χ0v) is 16.1. The van der Waals surface area contributed by atoms with Gasteiger partial charge in [-0.1, -0.05) is 30.3 Å². The van der Waals surface area contributed by atoms with Gasteiger partial charge in [0.1, 0.15) is 6.61 Å². The Kier molecular flexibility index (Phi) is 5.21. The van der Waals surface area contributed by atoms with E-state index in [-0.39, 0.29) is 0 Å². The van der Waals surface area contributed by atoms with Crippen LogP contribution in [0.2, 0.25) is 0 Å². The molecule has 0 atom stereocenters. The Labute approximate surface area is 167 Å². The lowest BCUT2D eigenvalue weighted by Crippen LogP contribution is -1.98. The quantitative estimate of drug-likeness (QED) is 0.500. The van der Waals surface area contributed by atoms with Crippen molar-refractivity contribution >= 4 is 17.0 Å². The van der Waals surface area contributed by atoms with Crippen LogP contribution in [0.25, 0.3) is 21.8 Å². The third-order valence-electron chi connectivity index (χ3n) is 4.20. The number of ether oxygens (including phenoxy) is 2. The van der Waals surface area contributed by atoms with E-state index in [9.17, 15) is 0 Å². The summed E-state index contributed by atoms with van der Waals surface area (Å²) in [6, 6.07) is 17.7. The maximum Gasteiger partial charge on any atom is 0.161 e. The van der Waals surface area contributed by atoms with Crippen molar-refractivity contribution in [1.29, 1.82) is 0 Å². The van der Waals surface area contributed by atoms with Gasteiger partial charge in [0.15, 0.2) is 11.5 Å². The van der Waals surface area contributed by atoms with Crippen molar-refractivity contribution in [2.75, 3.05) is 12.8 Å². The Morgan fingerprint density at radius 2 is 1.79 bits per heavy atom. The van der Waals surface area contributed by atoms with Crippen LogP contribution in [0.5, 0.6) is 11.5 Å². The number of benzene rings is 2. The van der Waals surface area contributed by atoms with Crippen LogP contribution in [0.3, 0.4) is 0 Å². The maximum absolute atomic E-state index is 5.93. The summed E-state index contributed by atoms with van der Waals surface area (Å²) >= 11 is 1.55. The van der Waals surface area contributed by atoms with E-state index in [2.05, 4.69) is 4.98 Å². The summed E-state index contributed by atoms with van der Waals surface area (Å²) in [6.45, 7) is 0.478. The molecule has 0 saturated heterocycles. The molecule has 4 aromatic rings. The van der Waals surface area contributed by atoms with Crippen molar-refractivity contribution in [2.24, 2.45) is 0 Å².